The molecule has 1 atom stereocenters. The minimum Gasteiger partial charge on any atom is -0.0843 e. The average Bonchev–Trinajstić information content (AvgIpc) is 2.48. The Labute approximate surface area is 139 Å². The van der Waals surface area contributed by atoms with E-state index >= 15 is 0 Å². The molecule has 2 aromatic carbocycles. The molecule has 0 saturated heterocycles. The topological polar surface area (TPSA) is 0 Å². The number of benzene rings is 2. The standard InChI is InChI=1S/C18H12Cl3/c19-13-7-5-12(6-8-13)15-3-1-2-4-16(15)17-10-9-14(20)11-18(17)21/h1-11,16H. The van der Waals surface area contributed by atoms with Crippen molar-refractivity contribution in [3.05, 3.63) is 93.3 Å². The Bertz CT molecular complexity index is 712. The highest BCUT2D eigenvalue weighted by molar-refractivity contribution is 6.35. The van der Waals surface area contributed by atoms with Crippen molar-refractivity contribution in [2.75, 3.05) is 0 Å². The predicted molar refractivity (Wildman–Crippen MR) is 92.1 cm³/mol. The van der Waals surface area contributed by atoms with Gasteiger partial charge in [-0.25, -0.2) is 0 Å². The van der Waals surface area contributed by atoms with Gasteiger partial charge in [-0.15, -0.1) is 0 Å². The summed E-state index contributed by atoms with van der Waals surface area (Å²) < 4.78 is 0. The molecule has 0 amide bonds. The first kappa shape index (κ1) is 14.7. The third-order valence-corrected chi connectivity index (χ3v) is 4.32. The summed E-state index contributed by atoms with van der Waals surface area (Å²) in [5, 5.41) is 2.06. The van der Waals surface area contributed by atoms with Crippen LogP contribution in [0.25, 0.3) is 5.57 Å². The molecule has 0 nitrogen and oxygen atoms in total. The molecule has 1 radical (unpaired) electrons. The number of halogens is 3. The smallest absolute Gasteiger partial charge is 0.0459 e. The monoisotopic (exact) mass is 333 g/mol. The van der Waals surface area contributed by atoms with Crippen LogP contribution in [0.4, 0.5) is 0 Å². The van der Waals surface area contributed by atoms with Crippen molar-refractivity contribution in [2.45, 2.75) is 5.92 Å². The second kappa shape index (κ2) is 6.27. The Morgan fingerprint density at radius 3 is 2.19 bits per heavy atom. The maximum atomic E-state index is 6.36. The summed E-state index contributed by atoms with van der Waals surface area (Å²) in [5.74, 6) is 0.112. The molecule has 0 bridgehead atoms. The Morgan fingerprint density at radius 2 is 1.48 bits per heavy atom. The molecule has 2 aromatic rings. The third-order valence-electron chi connectivity index (χ3n) is 3.50. The van der Waals surface area contributed by atoms with Gasteiger partial charge in [0.25, 0.3) is 0 Å². The fourth-order valence-electron chi connectivity index (χ4n) is 2.48. The van der Waals surface area contributed by atoms with Crippen LogP contribution in [-0.4, -0.2) is 0 Å². The van der Waals surface area contributed by atoms with Crippen molar-refractivity contribution in [3.63, 3.8) is 0 Å². The van der Waals surface area contributed by atoms with Crippen LogP contribution < -0.4 is 0 Å². The largest absolute Gasteiger partial charge is 0.0843 e. The molecule has 1 aliphatic carbocycles. The van der Waals surface area contributed by atoms with Crippen LogP contribution >= 0.6 is 34.8 Å². The molecule has 0 heterocycles. The fraction of sp³-hybridized carbons (Fsp3) is 0.0556. The van der Waals surface area contributed by atoms with Gasteiger partial charge in [-0.2, -0.15) is 0 Å². The molecule has 3 rings (SSSR count). The molecule has 0 spiro atoms. The molecule has 0 fully saturated rings. The first-order valence-electron chi connectivity index (χ1n) is 6.58. The molecule has 3 heteroatoms. The fourth-order valence-corrected chi connectivity index (χ4v) is 3.14. The number of allylic oxidation sites excluding steroid dienone is 4. The van der Waals surface area contributed by atoms with E-state index in [9.17, 15) is 0 Å². The van der Waals surface area contributed by atoms with Gasteiger partial charge >= 0.3 is 0 Å². The van der Waals surface area contributed by atoms with Crippen molar-refractivity contribution in [1.82, 2.24) is 0 Å². The summed E-state index contributed by atoms with van der Waals surface area (Å²) in [4.78, 5) is 0. The Hall–Kier alpha value is -1.21. The third kappa shape index (κ3) is 3.18. The highest BCUT2D eigenvalue weighted by atomic mass is 35.5. The van der Waals surface area contributed by atoms with Crippen molar-refractivity contribution < 1.29 is 0 Å². The van der Waals surface area contributed by atoms with Crippen LogP contribution in [0.2, 0.25) is 15.1 Å². The maximum Gasteiger partial charge on any atom is 0.0459 e. The van der Waals surface area contributed by atoms with Crippen molar-refractivity contribution in [3.8, 4) is 0 Å². The van der Waals surface area contributed by atoms with Crippen LogP contribution in [0.15, 0.2) is 60.7 Å². The Morgan fingerprint density at radius 1 is 0.762 bits per heavy atom. The molecular formula is C18H12Cl3. The lowest BCUT2D eigenvalue weighted by molar-refractivity contribution is 1.03. The lowest BCUT2D eigenvalue weighted by Gasteiger charge is -2.23. The van der Waals surface area contributed by atoms with Crippen molar-refractivity contribution in [2.24, 2.45) is 0 Å². The highest BCUT2D eigenvalue weighted by Crippen LogP contribution is 2.40. The molecule has 0 aliphatic heterocycles. The lowest BCUT2D eigenvalue weighted by atomic mass is 9.82. The molecule has 1 aliphatic rings. The zero-order valence-corrected chi connectivity index (χ0v) is 13.3. The number of hydrogen-bond donors (Lipinski definition) is 0. The Kier molecular flexibility index (Phi) is 4.40. The molecule has 0 N–H and O–H groups in total. The minimum absolute atomic E-state index is 0.112. The van der Waals surface area contributed by atoms with Gasteiger partial charge < -0.3 is 0 Å². The molecular weight excluding hydrogens is 323 g/mol. The Balaban J connectivity index is 2.03. The van der Waals surface area contributed by atoms with Crippen LogP contribution in [0.5, 0.6) is 0 Å². The zero-order valence-electron chi connectivity index (χ0n) is 11.1. The first-order valence-corrected chi connectivity index (χ1v) is 7.71. The van der Waals surface area contributed by atoms with Crippen molar-refractivity contribution in [1.29, 1.82) is 0 Å². The van der Waals surface area contributed by atoms with Crippen LogP contribution in [0.1, 0.15) is 17.0 Å². The second-order valence-electron chi connectivity index (χ2n) is 4.85. The van der Waals surface area contributed by atoms with E-state index in [0.717, 1.165) is 16.1 Å². The van der Waals surface area contributed by atoms with E-state index in [1.807, 2.05) is 48.6 Å². The van der Waals surface area contributed by atoms with Crippen LogP contribution in [0, 0.1) is 6.42 Å². The van der Waals surface area contributed by atoms with Gasteiger partial charge in [0, 0.05) is 21.0 Å². The quantitative estimate of drug-likeness (QED) is 0.581. The van der Waals surface area contributed by atoms with E-state index in [4.69, 9.17) is 34.8 Å². The molecule has 1 unspecified atom stereocenters. The average molecular weight is 335 g/mol. The van der Waals surface area contributed by atoms with Gasteiger partial charge in [-0.1, -0.05) is 71.2 Å². The summed E-state index contributed by atoms with van der Waals surface area (Å²) in [6.07, 6.45) is 8.32. The molecule has 0 aromatic heterocycles. The van der Waals surface area contributed by atoms with E-state index in [0.29, 0.717) is 10.0 Å². The minimum atomic E-state index is 0.112. The van der Waals surface area contributed by atoms with Gasteiger partial charge in [0.2, 0.25) is 0 Å². The summed E-state index contributed by atoms with van der Waals surface area (Å²) in [5.41, 5.74) is 3.38. The summed E-state index contributed by atoms with van der Waals surface area (Å²) in [6.45, 7) is 0. The lowest BCUT2D eigenvalue weighted by Crippen LogP contribution is -2.05. The van der Waals surface area contributed by atoms with Gasteiger partial charge in [0.1, 0.15) is 0 Å². The first-order chi connectivity index (χ1) is 10.1. The summed E-state index contributed by atoms with van der Waals surface area (Å²) in [7, 11) is 0. The summed E-state index contributed by atoms with van der Waals surface area (Å²) in [6, 6.07) is 13.5. The van der Waals surface area contributed by atoms with Crippen LogP contribution in [-0.2, 0) is 0 Å². The van der Waals surface area contributed by atoms with Gasteiger partial charge in [0.05, 0.1) is 0 Å². The van der Waals surface area contributed by atoms with Crippen LogP contribution in [0.3, 0.4) is 0 Å². The van der Waals surface area contributed by atoms with E-state index in [2.05, 4.69) is 12.5 Å². The maximum absolute atomic E-state index is 6.36. The number of rotatable bonds is 2. The predicted octanol–water partition coefficient (Wildman–Crippen LogP) is 6.59. The van der Waals surface area contributed by atoms with Gasteiger partial charge in [-0.3, -0.25) is 0 Å². The van der Waals surface area contributed by atoms with Gasteiger partial charge in [-0.05, 0) is 47.4 Å². The molecule has 0 saturated carbocycles. The molecule has 21 heavy (non-hydrogen) atoms. The van der Waals surface area contributed by atoms with E-state index < -0.39 is 0 Å². The summed E-state index contributed by atoms with van der Waals surface area (Å²) >= 11 is 18.3. The SMILES string of the molecule is Clc1ccc(C2=CC=C[CH]C2c2ccc(Cl)cc2Cl)cc1. The second-order valence-corrected chi connectivity index (χ2v) is 6.13. The van der Waals surface area contributed by atoms with Crippen molar-refractivity contribution >= 4 is 40.4 Å². The number of hydrogen-bond acceptors (Lipinski definition) is 0. The van der Waals surface area contributed by atoms with E-state index in [1.165, 1.54) is 5.57 Å². The molecule has 105 valence electrons. The zero-order chi connectivity index (χ0) is 14.8. The normalized spacial score (nSPS) is 17.7. The van der Waals surface area contributed by atoms with E-state index in [1.54, 1.807) is 6.07 Å². The van der Waals surface area contributed by atoms with E-state index in [-0.39, 0.29) is 5.92 Å². The highest BCUT2D eigenvalue weighted by Gasteiger charge is 2.21. The van der Waals surface area contributed by atoms with Gasteiger partial charge in [0.15, 0.2) is 0 Å².